The quantitative estimate of drug-likeness (QED) is 0.627. The molecular formula is C16H22N4O2S2. The smallest absolute Gasteiger partial charge is 0.226 e. The molecule has 0 aliphatic carbocycles. The number of thiazole rings is 1. The van der Waals surface area contributed by atoms with Crippen LogP contribution in [-0.2, 0) is 16.1 Å². The Morgan fingerprint density at radius 1 is 1.25 bits per heavy atom. The average molecular weight is 367 g/mol. The van der Waals surface area contributed by atoms with Gasteiger partial charge in [-0.2, -0.15) is 0 Å². The monoisotopic (exact) mass is 366 g/mol. The fraction of sp³-hybridized carbons (Fsp3) is 0.438. The summed E-state index contributed by atoms with van der Waals surface area (Å²) in [7, 11) is 1.87. The Kier molecular flexibility index (Phi) is 6.89. The van der Waals surface area contributed by atoms with E-state index in [0.717, 1.165) is 33.3 Å². The molecule has 2 aromatic rings. The maximum Gasteiger partial charge on any atom is 0.226 e. The summed E-state index contributed by atoms with van der Waals surface area (Å²) in [5, 5.41) is 9.31. The summed E-state index contributed by atoms with van der Waals surface area (Å²) in [6.45, 7) is 4.85. The Morgan fingerprint density at radius 3 is 2.75 bits per heavy atom. The first-order chi connectivity index (χ1) is 11.5. The Hall–Kier alpha value is -1.77. The second-order valence-corrected chi connectivity index (χ2v) is 7.73. The van der Waals surface area contributed by atoms with Crippen LogP contribution in [-0.4, -0.2) is 30.4 Å². The first kappa shape index (κ1) is 18.6. The van der Waals surface area contributed by atoms with Gasteiger partial charge in [-0.05, 0) is 39.1 Å². The molecule has 0 aliphatic heterocycles. The molecule has 0 aliphatic rings. The Labute approximate surface area is 149 Å². The zero-order chi connectivity index (χ0) is 17.5. The second-order valence-electron chi connectivity index (χ2n) is 5.35. The average Bonchev–Trinajstić information content (AvgIpc) is 3.12. The molecule has 0 atom stereocenters. The van der Waals surface area contributed by atoms with E-state index < -0.39 is 0 Å². The fourth-order valence-corrected chi connectivity index (χ4v) is 4.00. The van der Waals surface area contributed by atoms with Gasteiger partial charge in [-0.15, -0.1) is 22.7 Å². The molecule has 2 heterocycles. The van der Waals surface area contributed by atoms with Gasteiger partial charge >= 0.3 is 0 Å². The molecule has 0 aromatic carbocycles. The van der Waals surface area contributed by atoms with E-state index in [2.05, 4.69) is 20.9 Å². The number of rotatable bonds is 8. The van der Waals surface area contributed by atoms with Gasteiger partial charge in [-0.3, -0.25) is 9.59 Å². The summed E-state index contributed by atoms with van der Waals surface area (Å²) < 4.78 is 0. The van der Waals surface area contributed by atoms with Gasteiger partial charge in [0, 0.05) is 23.1 Å². The second kappa shape index (κ2) is 8.91. The van der Waals surface area contributed by atoms with Crippen LogP contribution < -0.4 is 16.0 Å². The van der Waals surface area contributed by atoms with Crippen LogP contribution in [0, 0.1) is 6.92 Å². The number of amides is 2. The lowest BCUT2D eigenvalue weighted by Gasteiger charge is -2.00. The van der Waals surface area contributed by atoms with Crippen molar-refractivity contribution in [2.45, 2.75) is 33.2 Å². The van der Waals surface area contributed by atoms with E-state index in [0.29, 0.717) is 18.1 Å². The molecule has 2 amide bonds. The van der Waals surface area contributed by atoms with Crippen molar-refractivity contribution in [3.05, 3.63) is 21.9 Å². The molecule has 2 rings (SSSR count). The fourth-order valence-electron chi connectivity index (χ4n) is 2.10. The third-order valence-electron chi connectivity index (χ3n) is 3.28. The molecule has 0 unspecified atom stereocenters. The van der Waals surface area contributed by atoms with Crippen molar-refractivity contribution in [1.82, 2.24) is 15.6 Å². The number of anilines is 1. The summed E-state index contributed by atoms with van der Waals surface area (Å²) >= 11 is 3.08. The van der Waals surface area contributed by atoms with E-state index >= 15 is 0 Å². The zero-order valence-electron chi connectivity index (χ0n) is 14.1. The SMILES string of the molecule is CNCCCC(=O)Nc1nc(-c2ccc(CNC(C)=O)s2)c(C)s1. The number of aromatic nitrogens is 1. The highest BCUT2D eigenvalue weighted by atomic mass is 32.1. The maximum atomic E-state index is 11.9. The third kappa shape index (κ3) is 5.40. The molecule has 0 bridgehead atoms. The largest absolute Gasteiger partial charge is 0.351 e. The minimum atomic E-state index is -0.0435. The van der Waals surface area contributed by atoms with E-state index in [1.807, 2.05) is 26.1 Å². The number of hydrogen-bond acceptors (Lipinski definition) is 6. The summed E-state index contributed by atoms with van der Waals surface area (Å²) in [6, 6.07) is 3.99. The molecule has 0 radical (unpaired) electrons. The van der Waals surface area contributed by atoms with Gasteiger partial charge in [-0.25, -0.2) is 4.98 Å². The van der Waals surface area contributed by atoms with E-state index in [9.17, 15) is 9.59 Å². The lowest BCUT2D eigenvalue weighted by Crippen LogP contribution is -2.17. The van der Waals surface area contributed by atoms with Crippen LogP contribution in [0.1, 0.15) is 29.5 Å². The van der Waals surface area contributed by atoms with Crippen molar-refractivity contribution >= 4 is 39.6 Å². The van der Waals surface area contributed by atoms with Crippen molar-refractivity contribution in [2.24, 2.45) is 0 Å². The van der Waals surface area contributed by atoms with Gasteiger partial charge in [0.2, 0.25) is 11.8 Å². The minimum Gasteiger partial charge on any atom is -0.351 e. The van der Waals surface area contributed by atoms with Crippen LogP contribution in [0.15, 0.2) is 12.1 Å². The van der Waals surface area contributed by atoms with Crippen LogP contribution in [0.2, 0.25) is 0 Å². The van der Waals surface area contributed by atoms with Gasteiger partial charge in [-0.1, -0.05) is 0 Å². The maximum absolute atomic E-state index is 11.9. The molecule has 0 saturated carbocycles. The third-order valence-corrected chi connectivity index (χ3v) is 5.26. The van der Waals surface area contributed by atoms with Crippen LogP contribution in [0.4, 0.5) is 5.13 Å². The van der Waals surface area contributed by atoms with Crippen LogP contribution in [0.25, 0.3) is 10.6 Å². The van der Waals surface area contributed by atoms with Gasteiger partial charge in [0.05, 0.1) is 17.1 Å². The van der Waals surface area contributed by atoms with Gasteiger partial charge in [0.15, 0.2) is 5.13 Å². The van der Waals surface area contributed by atoms with E-state index in [1.165, 1.54) is 18.3 Å². The van der Waals surface area contributed by atoms with Gasteiger partial charge in [0.25, 0.3) is 0 Å². The minimum absolute atomic E-state index is 0.0110. The van der Waals surface area contributed by atoms with Crippen LogP contribution >= 0.6 is 22.7 Å². The predicted octanol–water partition coefficient (Wildman–Crippen LogP) is 2.75. The number of aryl methyl sites for hydroxylation is 1. The molecule has 3 N–H and O–H groups in total. The Bertz CT molecular complexity index is 709. The summed E-state index contributed by atoms with van der Waals surface area (Å²) in [5.41, 5.74) is 0.893. The van der Waals surface area contributed by atoms with Gasteiger partial charge < -0.3 is 16.0 Å². The standard InChI is InChI=1S/C16H22N4O2S2/c1-10-15(13-7-6-12(24-13)9-18-11(2)21)20-16(23-10)19-14(22)5-4-8-17-3/h6-7,17H,4-5,8-9H2,1-3H3,(H,18,21)(H,19,20,22). The molecule has 6 nitrogen and oxygen atoms in total. The van der Waals surface area contributed by atoms with Crippen molar-refractivity contribution in [2.75, 3.05) is 18.9 Å². The highest BCUT2D eigenvalue weighted by molar-refractivity contribution is 7.18. The topological polar surface area (TPSA) is 83.1 Å². The molecule has 8 heteroatoms. The number of carbonyl (C=O) groups excluding carboxylic acids is 2. The summed E-state index contributed by atoms with van der Waals surface area (Å²) in [4.78, 5) is 30.6. The van der Waals surface area contributed by atoms with Crippen molar-refractivity contribution in [1.29, 1.82) is 0 Å². The summed E-state index contributed by atoms with van der Waals surface area (Å²) in [6.07, 6.45) is 1.28. The molecule has 0 spiro atoms. The number of carbonyl (C=O) groups is 2. The first-order valence-electron chi connectivity index (χ1n) is 7.75. The molecule has 0 fully saturated rings. The molecule has 130 valence electrons. The molecule has 0 saturated heterocycles. The first-order valence-corrected chi connectivity index (χ1v) is 9.38. The molecule has 24 heavy (non-hydrogen) atoms. The van der Waals surface area contributed by atoms with E-state index in [1.54, 1.807) is 11.3 Å². The van der Waals surface area contributed by atoms with Gasteiger partial charge in [0.1, 0.15) is 0 Å². The lowest BCUT2D eigenvalue weighted by molar-refractivity contribution is -0.119. The van der Waals surface area contributed by atoms with Crippen molar-refractivity contribution < 1.29 is 9.59 Å². The van der Waals surface area contributed by atoms with Crippen molar-refractivity contribution in [3.8, 4) is 10.6 Å². The number of thiophene rings is 1. The lowest BCUT2D eigenvalue weighted by atomic mass is 10.3. The highest BCUT2D eigenvalue weighted by Gasteiger charge is 2.14. The Morgan fingerprint density at radius 2 is 2.04 bits per heavy atom. The van der Waals surface area contributed by atoms with Crippen LogP contribution in [0.3, 0.4) is 0 Å². The van der Waals surface area contributed by atoms with E-state index in [4.69, 9.17) is 0 Å². The molecular weight excluding hydrogens is 344 g/mol. The normalized spacial score (nSPS) is 10.6. The van der Waals surface area contributed by atoms with Crippen molar-refractivity contribution in [3.63, 3.8) is 0 Å². The number of nitrogens with zero attached hydrogens (tertiary/aromatic N) is 1. The predicted molar refractivity (Wildman–Crippen MR) is 99.5 cm³/mol. The van der Waals surface area contributed by atoms with E-state index in [-0.39, 0.29) is 11.8 Å². The molecule has 2 aromatic heterocycles. The summed E-state index contributed by atoms with van der Waals surface area (Å²) in [5.74, 6) is -0.0545. The Balaban J connectivity index is 2.00. The zero-order valence-corrected chi connectivity index (χ0v) is 15.7. The number of hydrogen-bond donors (Lipinski definition) is 3. The highest BCUT2D eigenvalue weighted by Crippen LogP contribution is 2.34. The number of nitrogens with one attached hydrogen (secondary N) is 3. The van der Waals surface area contributed by atoms with Crippen LogP contribution in [0.5, 0.6) is 0 Å².